The number of hydrogen-bond donors (Lipinski definition) is 1. The van der Waals surface area contributed by atoms with Gasteiger partial charge in [-0.1, -0.05) is 20.8 Å². The third-order valence-electron chi connectivity index (χ3n) is 3.31. The maximum Gasteiger partial charge on any atom is 0.131 e. The molecule has 0 saturated carbocycles. The second-order valence-electron chi connectivity index (χ2n) is 6.67. The Balaban J connectivity index is 2.39. The molecule has 0 bridgehead atoms. The lowest BCUT2D eigenvalue weighted by Gasteiger charge is -2.17. The van der Waals surface area contributed by atoms with E-state index < -0.39 is 0 Å². The van der Waals surface area contributed by atoms with Crippen molar-refractivity contribution in [2.75, 3.05) is 5.73 Å². The van der Waals surface area contributed by atoms with Crippen LogP contribution in [0.15, 0.2) is 24.3 Å². The Morgan fingerprint density at radius 3 is 2.14 bits per heavy atom. The van der Waals surface area contributed by atoms with E-state index in [1.54, 1.807) is 0 Å². The molecular formula is C17H25N3O. The molecule has 1 heterocycles. The number of ether oxygens (including phenoxy) is 1. The Bertz CT molecular complexity index is 619. The molecule has 0 spiro atoms. The van der Waals surface area contributed by atoms with Gasteiger partial charge < -0.3 is 15.0 Å². The average molecular weight is 287 g/mol. The normalized spacial score (nSPS) is 12.0. The molecule has 0 fully saturated rings. The molecule has 4 heteroatoms. The summed E-state index contributed by atoms with van der Waals surface area (Å²) in [6.07, 6.45) is 0.170. The van der Waals surface area contributed by atoms with Crippen LogP contribution in [0, 0.1) is 0 Å². The fourth-order valence-electron chi connectivity index (χ4n) is 2.36. The highest BCUT2D eigenvalue weighted by Gasteiger charge is 2.23. The van der Waals surface area contributed by atoms with E-state index in [1.165, 1.54) is 0 Å². The average Bonchev–Trinajstić information content (AvgIpc) is 2.67. The summed E-state index contributed by atoms with van der Waals surface area (Å²) in [6.45, 7) is 10.4. The van der Waals surface area contributed by atoms with Gasteiger partial charge in [0, 0.05) is 18.0 Å². The molecule has 0 amide bonds. The monoisotopic (exact) mass is 287 g/mol. The lowest BCUT2D eigenvalue weighted by atomic mass is 9.96. The molecule has 0 atom stereocenters. The number of anilines is 1. The molecule has 0 aliphatic rings. The third kappa shape index (κ3) is 3.20. The molecule has 0 aliphatic heterocycles. The minimum Gasteiger partial charge on any atom is -0.491 e. The first kappa shape index (κ1) is 15.4. The van der Waals surface area contributed by atoms with Gasteiger partial charge in [0.2, 0.25) is 0 Å². The molecule has 2 N–H and O–H groups in total. The fraction of sp³-hybridized carbons (Fsp3) is 0.471. The van der Waals surface area contributed by atoms with Crippen LogP contribution < -0.4 is 10.5 Å². The second kappa shape index (κ2) is 5.43. The van der Waals surface area contributed by atoms with Crippen LogP contribution in [0.1, 0.15) is 40.4 Å². The maximum absolute atomic E-state index is 6.22. The van der Waals surface area contributed by atoms with E-state index in [-0.39, 0.29) is 11.5 Å². The number of hydrogen-bond acceptors (Lipinski definition) is 3. The molecule has 0 unspecified atom stereocenters. The number of nitrogens with zero attached hydrogens (tertiary/aromatic N) is 2. The van der Waals surface area contributed by atoms with E-state index in [0.29, 0.717) is 5.82 Å². The lowest BCUT2D eigenvalue weighted by Crippen LogP contribution is -2.17. The molecule has 0 aliphatic carbocycles. The van der Waals surface area contributed by atoms with Gasteiger partial charge in [-0.25, -0.2) is 4.98 Å². The Hall–Kier alpha value is -1.97. The summed E-state index contributed by atoms with van der Waals surface area (Å²) in [5.74, 6) is 2.54. The zero-order valence-electron chi connectivity index (χ0n) is 13.8. The SMILES string of the molecule is CC(C)Oc1ccc(-c2nc(C(C)(C)C)n(C)c2N)cc1. The van der Waals surface area contributed by atoms with Crippen LogP contribution in [-0.2, 0) is 12.5 Å². The van der Waals surface area contributed by atoms with Gasteiger partial charge >= 0.3 is 0 Å². The van der Waals surface area contributed by atoms with Crippen LogP contribution in [-0.4, -0.2) is 15.7 Å². The Morgan fingerprint density at radius 2 is 1.71 bits per heavy atom. The fourth-order valence-corrected chi connectivity index (χ4v) is 2.36. The van der Waals surface area contributed by atoms with Crippen LogP contribution in [0.3, 0.4) is 0 Å². The minimum atomic E-state index is -0.0399. The first-order chi connectivity index (χ1) is 9.70. The van der Waals surface area contributed by atoms with Gasteiger partial charge in [-0.2, -0.15) is 0 Å². The largest absolute Gasteiger partial charge is 0.491 e. The van der Waals surface area contributed by atoms with Gasteiger partial charge in [0.15, 0.2) is 0 Å². The molecule has 2 aromatic rings. The Labute approximate surface area is 127 Å². The van der Waals surface area contributed by atoms with Crippen molar-refractivity contribution in [3.05, 3.63) is 30.1 Å². The van der Waals surface area contributed by atoms with E-state index in [4.69, 9.17) is 15.5 Å². The number of imidazole rings is 1. The topological polar surface area (TPSA) is 53.1 Å². The second-order valence-corrected chi connectivity index (χ2v) is 6.67. The highest BCUT2D eigenvalue weighted by atomic mass is 16.5. The summed E-state index contributed by atoms with van der Waals surface area (Å²) >= 11 is 0. The maximum atomic E-state index is 6.22. The molecule has 1 aromatic heterocycles. The van der Waals surface area contributed by atoms with Gasteiger partial charge in [-0.15, -0.1) is 0 Å². The molecule has 21 heavy (non-hydrogen) atoms. The van der Waals surface area contributed by atoms with Gasteiger partial charge in [-0.3, -0.25) is 0 Å². The number of aromatic nitrogens is 2. The molecular weight excluding hydrogens is 262 g/mol. The van der Waals surface area contributed by atoms with E-state index in [0.717, 1.165) is 22.8 Å². The highest BCUT2D eigenvalue weighted by molar-refractivity contribution is 5.71. The predicted molar refractivity (Wildman–Crippen MR) is 87.5 cm³/mol. The van der Waals surface area contributed by atoms with Crippen molar-refractivity contribution < 1.29 is 4.74 Å². The molecule has 114 valence electrons. The van der Waals surface area contributed by atoms with Crippen molar-refractivity contribution >= 4 is 5.82 Å². The van der Waals surface area contributed by atoms with Crippen LogP contribution in [0.2, 0.25) is 0 Å². The smallest absolute Gasteiger partial charge is 0.131 e. The van der Waals surface area contributed by atoms with Crippen LogP contribution >= 0.6 is 0 Å². The summed E-state index contributed by atoms with van der Waals surface area (Å²) in [5.41, 5.74) is 8.02. The van der Waals surface area contributed by atoms with E-state index in [9.17, 15) is 0 Å². The van der Waals surface area contributed by atoms with E-state index >= 15 is 0 Å². The standard InChI is InChI=1S/C17H25N3O/c1-11(2)21-13-9-7-12(8-10-13)14-15(18)20(6)16(19-14)17(3,4)5/h7-11H,18H2,1-6H3. The molecule has 1 aromatic carbocycles. The highest BCUT2D eigenvalue weighted by Crippen LogP contribution is 2.31. The number of benzene rings is 1. The summed E-state index contributed by atoms with van der Waals surface area (Å²) in [7, 11) is 1.96. The first-order valence-corrected chi connectivity index (χ1v) is 7.30. The summed E-state index contributed by atoms with van der Waals surface area (Å²) in [6, 6.07) is 7.92. The lowest BCUT2D eigenvalue weighted by molar-refractivity contribution is 0.242. The van der Waals surface area contributed by atoms with Gasteiger partial charge in [0.25, 0.3) is 0 Å². The summed E-state index contributed by atoms with van der Waals surface area (Å²) < 4.78 is 7.63. The first-order valence-electron chi connectivity index (χ1n) is 7.30. The molecule has 0 radical (unpaired) electrons. The van der Waals surface area contributed by atoms with Crippen molar-refractivity contribution in [2.45, 2.75) is 46.1 Å². The summed E-state index contributed by atoms with van der Waals surface area (Å²) in [4.78, 5) is 4.74. The Morgan fingerprint density at radius 1 is 1.14 bits per heavy atom. The van der Waals surface area contributed by atoms with Crippen LogP contribution in [0.25, 0.3) is 11.3 Å². The van der Waals surface area contributed by atoms with Crippen LogP contribution in [0.4, 0.5) is 5.82 Å². The zero-order chi connectivity index (χ0) is 15.8. The van der Waals surface area contributed by atoms with Crippen molar-refractivity contribution in [1.29, 1.82) is 0 Å². The van der Waals surface area contributed by atoms with Crippen molar-refractivity contribution in [2.24, 2.45) is 7.05 Å². The third-order valence-corrected chi connectivity index (χ3v) is 3.31. The van der Waals surface area contributed by atoms with Crippen LogP contribution in [0.5, 0.6) is 5.75 Å². The number of nitrogens with two attached hydrogens (primary N) is 1. The van der Waals surface area contributed by atoms with Crippen molar-refractivity contribution in [3.63, 3.8) is 0 Å². The summed E-state index contributed by atoms with van der Waals surface area (Å²) in [5, 5.41) is 0. The number of nitrogen functional groups attached to an aromatic ring is 1. The van der Waals surface area contributed by atoms with Gasteiger partial charge in [-0.05, 0) is 38.1 Å². The minimum absolute atomic E-state index is 0.0399. The molecule has 4 nitrogen and oxygen atoms in total. The molecule has 2 rings (SSSR count). The van der Waals surface area contributed by atoms with Gasteiger partial charge in [0.1, 0.15) is 23.1 Å². The van der Waals surface area contributed by atoms with Crippen molar-refractivity contribution in [1.82, 2.24) is 9.55 Å². The Kier molecular flexibility index (Phi) is 3.99. The van der Waals surface area contributed by atoms with Gasteiger partial charge in [0.05, 0.1) is 6.10 Å². The van der Waals surface area contributed by atoms with Crippen molar-refractivity contribution in [3.8, 4) is 17.0 Å². The zero-order valence-corrected chi connectivity index (χ0v) is 13.8. The molecule has 0 saturated heterocycles. The van der Waals surface area contributed by atoms with E-state index in [2.05, 4.69) is 20.8 Å². The van der Waals surface area contributed by atoms with E-state index in [1.807, 2.05) is 49.7 Å². The predicted octanol–water partition coefficient (Wildman–Crippen LogP) is 3.75. The quantitative estimate of drug-likeness (QED) is 0.935. The number of rotatable bonds is 3.